The molecular weight excluding hydrogens is 480 g/mol. The van der Waals surface area contributed by atoms with Gasteiger partial charge in [0, 0.05) is 42.8 Å². The second-order valence-electron chi connectivity index (χ2n) is 8.22. The summed E-state index contributed by atoms with van der Waals surface area (Å²) < 4.78 is 11.1. The van der Waals surface area contributed by atoms with Gasteiger partial charge in [0.05, 0.1) is 10.5 Å². The van der Waals surface area contributed by atoms with Crippen molar-refractivity contribution in [1.82, 2.24) is 5.01 Å². The van der Waals surface area contributed by atoms with Crippen LogP contribution in [0.4, 0.5) is 11.4 Å². The standard InChI is InChI=1S/C26H22N4O7/c1-15-5-4-6-19(13-15)24(33)27-20-9-7-18(8-10-20)26-29(16(2)31)28-25(37-26)22-14-21(30(34)35)11-12-23(22)36-17(3)32/h4-14,26H,1-3H3,(H,27,33)/t26-/m1/s1. The van der Waals surface area contributed by atoms with Gasteiger partial charge in [-0.1, -0.05) is 29.8 Å². The number of aryl methyl sites for hydroxylation is 1. The molecule has 1 heterocycles. The lowest BCUT2D eigenvalue weighted by Crippen LogP contribution is -2.25. The topological polar surface area (TPSA) is 140 Å². The van der Waals surface area contributed by atoms with E-state index < -0.39 is 23.0 Å². The minimum Gasteiger partial charge on any atom is -0.446 e. The van der Waals surface area contributed by atoms with Gasteiger partial charge in [0.1, 0.15) is 5.75 Å². The van der Waals surface area contributed by atoms with Crippen molar-refractivity contribution in [2.45, 2.75) is 27.0 Å². The molecule has 1 N–H and O–H groups in total. The van der Waals surface area contributed by atoms with E-state index in [0.717, 1.165) is 16.6 Å². The Hall–Kier alpha value is -5.06. The normalized spacial score (nSPS) is 14.4. The summed E-state index contributed by atoms with van der Waals surface area (Å²) in [4.78, 5) is 47.1. The summed E-state index contributed by atoms with van der Waals surface area (Å²) in [5.41, 5.74) is 2.30. The number of carbonyl (C=O) groups excluding carboxylic acids is 3. The number of amides is 2. The molecule has 3 aromatic carbocycles. The van der Waals surface area contributed by atoms with Crippen LogP contribution < -0.4 is 10.1 Å². The molecule has 188 valence electrons. The molecule has 0 aromatic heterocycles. The second kappa shape index (κ2) is 10.3. The first kappa shape index (κ1) is 25.0. The highest BCUT2D eigenvalue weighted by molar-refractivity contribution is 6.04. The molecule has 4 rings (SSSR count). The molecule has 37 heavy (non-hydrogen) atoms. The van der Waals surface area contributed by atoms with Crippen molar-refractivity contribution < 1.29 is 28.8 Å². The van der Waals surface area contributed by atoms with Crippen LogP contribution in [0.5, 0.6) is 5.75 Å². The number of hydrogen-bond acceptors (Lipinski definition) is 8. The monoisotopic (exact) mass is 502 g/mol. The fourth-order valence-electron chi connectivity index (χ4n) is 3.65. The number of rotatable bonds is 6. The molecule has 3 aromatic rings. The maximum absolute atomic E-state index is 12.5. The van der Waals surface area contributed by atoms with E-state index in [-0.39, 0.29) is 28.8 Å². The van der Waals surface area contributed by atoms with Crippen molar-refractivity contribution in [1.29, 1.82) is 0 Å². The van der Waals surface area contributed by atoms with E-state index >= 15 is 0 Å². The lowest BCUT2D eigenvalue weighted by atomic mass is 10.1. The Morgan fingerprint density at radius 1 is 1.05 bits per heavy atom. The van der Waals surface area contributed by atoms with Crippen LogP contribution in [0.1, 0.15) is 47.1 Å². The third kappa shape index (κ3) is 5.61. The number of carbonyl (C=O) groups is 3. The van der Waals surface area contributed by atoms with E-state index in [1.54, 1.807) is 42.5 Å². The van der Waals surface area contributed by atoms with Crippen LogP contribution in [0.2, 0.25) is 0 Å². The Kier molecular flexibility index (Phi) is 6.96. The van der Waals surface area contributed by atoms with Gasteiger partial charge >= 0.3 is 5.97 Å². The van der Waals surface area contributed by atoms with Gasteiger partial charge in [0.15, 0.2) is 0 Å². The van der Waals surface area contributed by atoms with Crippen LogP contribution in [0.15, 0.2) is 71.8 Å². The molecule has 11 nitrogen and oxygen atoms in total. The van der Waals surface area contributed by atoms with E-state index in [0.29, 0.717) is 16.8 Å². The maximum atomic E-state index is 12.5. The number of nitrogens with one attached hydrogen (secondary N) is 1. The van der Waals surface area contributed by atoms with Gasteiger partial charge in [0.25, 0.3) is 11.6 Å². The number of anilines is 1. The van der Waals surface area contributed by atoms with E-state index in [2.05, 4.69) is 10.4 Å². The summed E-state index contributed by atoms with van der Waals surface area (Å²) >= 11 is 0. The Morgan fingerprint density at radius 3 is 2.41 bits per heavy atom. The summed E-state index contributed by atoms with van der Waals surface area (Å²) in [5.74, 6) is -1.49. The molecule has 1 aliphatic rings. The fraction of sp³-hybridized carbons (Fsp3) is 0.154. The number of nitrogens with zero attached hydrogens (tertiary/aromatic N) is 3. The van der Waals surface area contributed by atoms with E-state index in [9.17, 15) is 24.5 Å². The molecule has 0 unspecified atom stereocenters. The minimum absolute atomic E-state index is 0.00443. The highest BCUT2D eigenvalue weighted by Crippen LogP contribution is 2.34. The summed E-state index contributed by atoms with van der Waals surface area (Å²) in [7, 11) is 0. The van der Waals surface area contributed by atoms with Crippen molar-refractivity contribution in [2.24, 2.45) is 5.10 Å². The average Bonchev–Trinajstić information content (AvgIpc) is 3.30. The zero-order chi connectivity index (χ0) is 26.7. The van der Waals surface area contributed by atoms with Gasteiger partial charge in [-0.3, -0.25) is 24.5 Å². The van der Waals surface area contributed by atoms with Crippen molar-refractivity contribution in [3.05, 3.63) is 99.1 Å². The van der Waals surface area contributed by atoms with Gasteiger partial charge in [-0.05, 0) is 37.3 Å². The number of ether oxygens (including phenoxy) is 2. The molecule has 0 radical (unpaired) electrons. The van der Waals surface area contributed by atoms with Crippen molar-refractivity contribution in [3.63, 3.8) is 0 Å². The third-order valence-corrected chi connectivity index (χ3v) is 5.36. The zero-order valence-corrected chi connectivity index (χ0v) is 20.1. The number of nitro groups is 1. The van der Waals surface area contributed by atoms with Gasteiger partial charge < -0.3 is 14.8 Å². The molecule has 2 amide bonds. The third-order valence-electron chi connectivity index (χ3n) is 5.36. The van der Waals surface area contributed by atoms with Gasteiger partial charge in [-0.25, -0.2) is 0 Å². The quantitative estimate of drug-likeness (QED) is 0.229. The molecule has 0 fully saturated rings. The van der Waals surface area contributed by atoms with Crippen molar-refractivity contribution in [3.8, 4) is 5.75 Å². The molecule has 0 saturated heterocycles. The minimum atomic E-state index is -0.988. The number of hydrazone groups is 1. The number of esters is 1. The van der Waals surface area contributed by atoms with Crippen LogP contribution in [0.25, 0.3) is 0 Å². The predicted octanol–water partition coefficient (Wildman–Crippen LogP) is 4.32. The van der Waals surface area contributed by atoms with Crippen molar-refractivity contribution >= 4 is 35.1 Å². The second-order valence-corrected chi connectivity index (χ2v) is 8.22. The lowest BCUT2D eigenvalue weighted by Gasteiger charge is -2.19. The first-order valence-electron chi connectivity index (χ1n) is 11.1. The molecule has 0 aliphatic carbocycles. The van der Waals surface area contributed by atoms with E-state index in [4.69, 9.17) is 9.47 Å². The molecule has 0 spiro atoms. The van der Waals surface area contributed by atoms with E-state index in [1.807, 2.05) is 13.0 Å². The van der Waals surface area contributed by atoms with Crippen molar-refractivity contribution in [2.75, 3.05) is 5.32 Å². The predicted molar refractivity (Wildman–Crippen MR) is 133 cm³/mol. The average molecular weight is 502 g/mol. The number of hydrogen-bond donors (Lipinski definition) is 1. The Bertz CT molecular complexity index is 1430. The number of benzene rings is 3. The molecule has 1 aliphatic heterocycles. The first-order chi connectivity index (χ1) is 17.6. The summed E-state index contributed by atoms with van der Waals surface area (Å²) in [6.07, 6.45) is -0.988. The summed E-state index contributed by atoms with van der Waals surface area (Å²) in [5, 5.41) is 19.4. The van der Waals surface area contributed by atoms with Crippen LogP contribution in [0.3, 0.4) is 0 Å². The Balaban J connectivity index is 1.59. The summed E-state index contributed by atoms with van der Waals surface area (Å²) in [6, 6.07) is 17.4. The summed E-state index contributed by atoms with van der Waals surface area (Å²) in [6.45, 7) is 4.37. The van der Waals surface area contributed by atoms with Crippen LogP contribution >= 0.6 is 0 Å². The van der Waals surface area contributed by atoms with Crippen LogP contribution in [-0.4, -0.2) is 33.6 Å². The van der Waals surface area contributed by atoms with Gasteiger partial charge in [0.2, 0.25) is 18.0 Å². The largest absolute Gasteiger partial charge is 0.446 e. The fourth-order valence-corrected chi connectivity index (χ4v) is 3.65. The highest BCUT2D eigenvalue weighted by atomic mass is 16.6. The Morgan fingerprint density at radius 2 is 1.78 bits per heavy atom. The lowest BCUT2D eigenvalue weighted by molar-refractivity contribution is -0.384. The smallest absolute Gasteiger partial charge is 0.308 e. The molecular formula is C26H22N4O7. The zero-order valence-electron chi connectivity index (χ0n) is 20.1. The van der Waals surface area contributed by atoms with Gasteiger partial charge in [-0.2, -0.15) is 5.01 Å². The number of non-ortho nitro benzene ring substituents is 1. The maximum Gasteiger partial charge on any atom is 0.308 e. The highest BCUT2D eigenvalue weighted by Gasteiger charge is 2.35. The number of nitro benzene ring substituents is 1. The molecule has 0 saturated carbocycles. The molecule has 0 bridgehead atoms. The Labute approximate surface area is 211 Å². The first-order valence-corrected chi connectivity index (χ1v) is 11.1. The van der Waals surface area contributed by atoms with Crippen LogP contribution in [-0.2, 0) is 14.3 Å². The molecule has 1 atom stereocenters. The van der Waals surface area contributed by atoms with Gasteiger partial charge in [-0.15, -0.1) is 5.10 Å². The van der Waals surface area contributed by atoms with Crippen LogP contribution in [0, 0.1) is 17.0 Å². The van der Waals surface area contributed by atoms with E-state index in [1.165, 1.54) is 26.0 Å². The SMILES string of the molecule is CC(=O)Oc1ccc([N+](=O)[O-])cc1C1=NN(C(C)=O)[C@@H](c2ccc(NC(=O)c3cccc(C)c3)cc2)O1. The molecule has 11 heteroatoms.